The zero-order chi connectivity index (χ0) is 15.8. The predicted molar refractivity (Wildman–Crippen MR) is 88.6 cm³/mol. The molecule has 1 aromatic heterocycles. The Balaban J connectivity index is 1.48. The minimum atomic E-state index is 0.404. The molecule has 5 heteroatoms. The number of hydrogen-bond donors (Lipinski definition) is 0. The van der Waals surface area contributed by atoms with E-state index in [-0.39, 0.29) is 0 Å². The molecule has 2 unspecified atom stereocenters. The second-order valence-corrected chi connectivity index (χ2v) is 6.45. The number of para-hydroxylation sites is 1. The fourth-order valence-electron chi connectivity index (χ4n) is 3.25. The van der Waals surface area contributed by atoms with Crippen LogP contribution in [0.5, 0.6) is 0 Å². The van der Waals surface area contributed by atoms with Gasteiger partial charge in [-0.1, -0.05) is 25.1 Å². The standard InChI is InChI=1S/C18H20N4O/c1-13-11-15(13)17-20-16(12-19)18(23-17)22-9-7-21(8-10-22)14-5-3-2-4-6-14/h2-6,13,15H,7-11H2,1H3. The van der Waals surface area contributed by atoms with Crippen molar-refractivity contribution in [2.24, 2.45) is 5.92 Å². The van der Waals surface area contributed by atoms with Crippen LogP contribution >= 0.6 is 0 Å². The summed E-state index contributed by atoms with van der Waals surface area (Å²) < 4.78 is 5.95. The molecule has 2 fully saturated rings. The lowest BCUT2D eigenvalue weighted by Crippen LogP contribution is -2.46. The zero-order valence-electron chi connectivity index (χ0n) is 13.3. The number of nitriles is 1. The number of benzene rings is 1. The Kier molecular flexibility index (Phi) is 3.45. The van der Waals surface area contributed by atoms with E-state index in [1.54, 1.807) is 0 Å². The average molecular weight is 308 g/mol. The third kappa shape index (κ3) is 2.65. The van der Waals surface area contributed by atoms with Crippen LogP contribution in [0.15, 0.2) is 34.7 Å². The topological polar surface area (TPSA) is 56.3 Å². The molecule has 1 saturated carbocycles. The molecule has 1 saturated heterocycles. The Morgan fingerprint density at radius 3 is 2.39 bits per heavy atom. The van der Waals surface area contributed by atoms with Gasteiger partial charge in [-0.2, -0.15) is 5.26 Å². The van der Waals surface area contributed by atoms with Crippen LogP contribution in [0.2, 0.25) is 0 Å². The van der Waals surface area contributed by atoms with E-state index in [1.165, 1.54) is 5.69 Å². The van der Waals surface area contributed by atoms with Gasteiger partial charge in [0.2, 0.25) is 17.5 Å². The molecule has 0 amide bonds. The van der Waals surface area contributed by atoms with Gasteiger partial charge in [-0.25, -0.2) is 4.98 Å². The van der Waals surface area contributed by atoms with E-state index in [4.69, 9.17) is 4.42 Å². The molecular formula is C18H20N4O. The molecule has 0 bridgehead atoms. The molecule has 0 spiro atoms. The van der Waals surface area contributed by atoms with Crippen molar-refractivity contribution in [1.82, 2.24) is 4.98 Å². The highest BCUT2D eigenvalue weighted by atomic mass is 16.4. The summed E-state index contributed by atoms with van der Waals surface area (Å²) in [5, 5.41) is 9.35. The Hall–Kier alpha value is -2.48. The summed E-state index contributed by atoms with van der Waals surface area (Å²) in [7, 11) is 0. The summed E-state index contributed by atoms with van der Waals surface area (Å²) in [6.45, 7) is 5.73. The fraction of sp³-hybridized carbons (Fsp3) is 0.444. The van der Waals surface area contributed by atoms with E-state index in [9.17, 15) is 5.26 Å². The zero-order valence-corrected chi connectivity index (χ0v) is 13.3. The third-order valence-corrected chi connectivity index (χ3v) is 4.85. The molecule has 2 atom stereocenters. The molecule has 0 N–H and O–H groups in total. The minimum Gasteiger partial charge on any atom is -0.423 e. The lowest BCUT2D eigenvalue weighted by Gasteiger charge is -2.35. The first-order valence-corrected chi connectivity index (χ1v) is 8.22. The molecule has 2 heterocycles. The van der Waals surface area contributed by atoms with Crippen molar-refractivity contribution in [3.63, 3.8) is 0 Å². The van der Waals surface area contributed by atoms with E-state index in [2.05, 4.69) is 52.0 Å². The monoisotopic (exact) mass is 308 g/mol. The molecule has 4 rings (SSSR count). The highest BCUT2D eigenvalue weighted by Gasteiger charge is 2.39. The van der Waals surface area contributed by atoms with Gasteiger partial charge in [-0.3, -0.25) is 0 Å². The summed E-state index contributed by atoms with van der Waals surface area (Å²) in [4.78, 5) is 8.93. The number of nitrogens with zero attached hydrogens (tertiary/aromatic N) is 4. The van der Waals surface area contributed by atoms with Crippen LogP contribution < -0.4 is 9.80 Å². The normalized spacial score (nSPS) is 23.7. The Morgan fingerprint density at radius 1 is 1.13 bits per heavy atom. The highest BCUT2D eigenvalue weighted by molar-refractivity contribution is 5.52. The van der Waals surface area contributed by atoms with Crippen LogP contribution in [0, 0.1) is 17.2 Å². The van der Waals surface area contributed by atoms with E-state index in [0.717, 1.165) is 38.5 Å². The number of piperazine rings is 1. The van der Waals surface area contributed by atoms with E-state index >= 15 is 0 Å². The molecule has 2 aliphatic rings. The van der Waals surface area contributed by atoms with Crippen molar-refractivity contribution < 1.29 is 4.42 Å². The quantitative estimate of drug-likeness (QED) is 0.872. The SMILES string of the molecule is CC1CC1c1nc(C#N)c(N2CCN(c3ccccc3)CC2)o1. The van der Waals surface area contributed by atoms with Gasteiger partial charge < -0.3 is 14.2 Å². The predicted octanol–water partition coefficient (Wildman–Crippen LogP) is 3.00. The lowest BCUT2D eigenvalue weighted by atomic mass is 10.2. The van der Waals surface area contributed by atoms with Gasteiger partial charge >= 0.3 is 0 Å². The molecule has 2 aromatic rings. The Bertz CT molecular complexity index is 725. The first kappa shape index (κ1) is 14.1. The number of aromatic nitrogens is 1. The van der Waals surface area contributed by atoms with E-state index in [1.807, 2.05) is 6.07 Å². The van der Waals surface area contributed by atoms with E-state index < -0.39 is 0 Å². The Labute approximate surface area is 136 Å². The fourth-order valence-corrected chi connectivity index (χ4v) is 3.25. The van der Waals surface area contributed by atoms with Crippen LogP contribution in [0.3, 0.4) is 0 Å². The van der Waals surface area contributed by atoms with Gasteiger partial charge in [-0.15, -0.1) is 0 Å². The van der Waals surface area contributed by atoms with Crippen molar-refractivity contribution in [3.05, 3.63) is 41.9 Å². The largest absolute Gasteiger partial charge is 0.423 e. The molecule has 118 valence electrons. The second kappa shape index (κ2) is 5.62. The highest BCUT2D eigenvalue weighted by Crippen LogP contribution is 2.47. The summed E-state index contributed by atoms with van der Waals surface area (Å²) in [5.41, 5.74) is 1.69. The lowest BCUT2D eigenvalue weighted by molar-refractivity contribution is 0.473. The number of hydrogen-bond acceptors (Lipinski definition) is 5. The van der Waals surface area contributed by atoms with Gasteiger partial charge in [0, 0.05) is 37.8 Å². The molecule has 5 nitrogen and oxygen atoms in total. The van der Waals surface area contributed by atoms with Crippen LogP contribution in [0.1, 0.15) is 30.8 Å². The first-order chi connectivity index (χ1) is 11.3. The molecular weight excluding hydrogens is 288 g/mol. The maximum Gasteiger partial charge on any atom is 0.234 e. The van der Waals surface area contributed by atoms with Crippen molar-refractivity contribution in [1.29, 1.82) is 5.26 Å². The molecule has 23 heavy (non-hydrogen) atoms. The van der Waals surface area contributed by atoms with Gasteiger partial charge in [0.15, 0.2) is 0 Å². The van der Waals surface area contributed by atoms with Crippen molar-refractivity contribution in [2.45, 2.75) is 19.3 Å². The number of oxazole rings is 1. The van der Waals surface area contributed by atoms with Crippen LogP contribution in [-0.2, 0) is 0 Å². The third-order valence-electron chi connectivity index (χ3n) is 4.85. The maximum absolute atomic E-state index is 9.35. The van der Waals surface area contributed by atoms with Gasteiger partial charge in [0.1, 0.15) is 6.07 Å². The Morgan fingerprint density at radius 2 is 1.78 bits per heavy atom. The van der Waals surface area contributed by atoms with Gasteiger partial charge in [0.25, 0.3) is 0 Å². The van der Waals surface area contributed by atoms with E-state index in [0.29, 0.717) is 23.4 Å². The van der Waals surface area contributed by atoms with Crippen molar-refractivity contribution in [2.75, 3.05) is 36.0 Å². The molecule has 0 radical (unpaired) electrons. The van der Waals surface area contributed by atoms with Crippen LogP contribution in [-0.4, -0.2) is 31.2 Å². The smallest absolute Gasteiger partial charge is 0.234 e. The first-order valence-electron chi connectivity index (χ1n) is 8.22. The maximum atomic E-state index is 9.35. The van der Waals surface area contributed by atoms with Gasteiger partial charge in [-0.05, 0) is 24.5 Å². The average Bonchev–Trinajstić information content (AvgIpc) is 3.19. The molecule has 1 aromatic carbocycles. The number of rotatable bonds is 3. The minimum absolute atomic E-state index is 0.404. The molecule has 1 aliphatic heterocycles. The summed E-state index contributed by atoms with van der Waals surface area (Å²) in [6.07, 6.45) is 1.12. The van der Waals surface area contributed by atoms with Crippen molar-refractivity contribution >= 4 is 11.6 Å². The summed E-state index contributed by atoms with van der Waals surface area (Å²) >= 11 is 0. The summed E-state index contributed by atoms with van der Waals surface area (Å²) in [5.74, 6) is 2.44. The molecule has 1 aliphatic carbocycles. The van der Waals surface area contributed by atoms with Crippen molar-refractivity contribution in [3.8, 4) is 6.07 Å². The van der Waals surface area contributed by atoms with Crippen LogP contribution in [0.25, 0.3) is 0 Å². The van der Waals surface area contributed by atoms with Crippen LogP contribution in [0.4, 0.5) is 11.6 Å². The summed E-state index contributed by atoms with van der Waals surface area (Å²) in [6, 6.07) is 12.6. The number of anilines is 2. The second-order valence-electron chi connectivity index (χ2n) is 6.45. The van der Waals surface area contributed by atoms with Gasteiger partial charge in [0.05, 0.1) is 0 Å².